The first-order valence-electron chi connectivity index (χ1n) is 8.78. The fraction of sp³-hybridized carbons (Fsp3) is 0.318. The quantitative estimate of drug-likeness (QED) is 0.358. The van der Waals surface area contributed by atoms with E-state index in [0.717, 1.165) is 11.3 Å². The predicted molar refractivity (Wildman–Crippen MR) is 111 cm³/mol. The number of benzene rings is 2. The van der Waals surface area contributed by atoms with E-state index in [1.54, 1.807) is 19.3 Å². The van der Waals surface area contributed by atoms with Gasteiger partial charge in [0, 0.05) is 5.56 Å². The van der Waals surface area contributed by atoms with E-state index in [2.05, 4.69) is 33.9 Å². The van der Waals surface area contributed by atoms with Crippen LogP contribution in [-0.2, 0) is 0 Å². The maximum atomic E-state index is 12.2. The van der Waals surface area contributed by atoms with Gasteiger partial charge in [-0.15, -0.1) is 0 Å². The van der Waals surface area contributed by atoms with E-state index in [4.69, 9.17) is 9.16 Å². The molecular weight excluding hydrogens is 340 g/mol. The standard InChI is InChI=1S/C22H28O3Si/c1-22(2,3)26(5,6)25-20-15-13-17(16-21(20)24-4)12-14-19(23)18-10-8-7-9-11-18/h7-16H,1-6H3/b14-12+. The van der Waals surface area contributed by atoms with Gasteiger partial charge in [-0.2, -0.15) is 0 Å². The largest absolute Gasteiger partial charge is 0.541 e. The second kappa shape index (κ2) is 7.91. The molecule has 0 radical (unpaired) electrons. The molecule has 0 amide bonds. The Hall–Kier alpha value is -2.33. The molecule has 26 heavy (non-hydrogen) atoms. The van der Waals surface area contributed by atoms with E-state index in [-0.39, 0.29) is 10.8 Å². The van der Waals surface area contributed by atoms with E-state index >= 15 is 0 Å². The highest BCUT2D eigenvalue weighted by atomic mass is 28.4. The van der Waals surface area contributed by atoms with E-state index in [1.165, 1.54) is 0 Å². The van der Waals surface area contributed by atoms with Crippen molar-refractivity contribution in [3.8, 4) is 11.5 Å². The zero-order valence-corrected chi connectivity index (χ0v) is 17.5. The molecule has 4 heteroatoms. The Morgan fingerprint density at radius 2 is 1.65 bits per heavy atom. The van der Waals surface area contributed by atoms with Gasteiger partial charge in [0.05, 0.1) is 7.11 Å². The molecule has 0 aliphatic rings. The van der Waals surface area contributed by atoms with Crippen molar-refractivity contribution in [3.63, 3.8) is 0 Å². The van der Waals surface area contributed by atoms with Crippen LogP contribution in [0.2, 0.25) is 18.1 Å². The van der Waals surface area contributed by atoms with Crippen molar-refractivity contribution in [1.29, 1.82) is 0 Å². The summed E-state index contributed by atoms with van der Waals surface area (Å²) in [6, 6.07) is 15.0. The molecule has 0 aliphatic carbocycles. The summed E-state index contributed by atoms with van der Waals surface area (Å²) >= 11 is 0. The number of carbonyl (C=O) groups excluding carboxylic acids is 1. The van der Waals surface area contributed by atoms with Crippen LogP contribution >= 0.6 is 0 Å². The summed E-state index contributed by atoms with van der Waals surface area (Å²) in [7, 11) is -0.308. The topological polar surface area (TPSA) is 35.5 Å². The monoisotopic (exact) mass is 368 g/mol. The van der Waals surface area contributed by atoms with Crippen molar-refractivity contribution in [3.05, 3.63) is 65.7 Å². The Kier molecular flexibility index (Phi) is 6.08. The number of methoxy groups -OCH3 is 1. The maximum Gasteiger partial charge on any atom is 0.250 e. The minimum Gasteiger partial charge on any atom is -0.541 e. The number of ketones is 1. The molecule has 2 rings (SSSR count). The predicted octanol–water partition coefficient (Wildman–Crippen LogP) is 5.98. The Bertz CT molecular complexity index is 787. The summed E-state index contributed by atoms with van der Waals surface area (Å²) in [5.74, 6) is 1.42. The highest BCUT2D eigenvalue weighted by Gasteiger charge is 2.39. The second-order valence-corrected chi connectivity index (χ2v) is 12.6. The molecule has 0 spiro atoms. The number of rotatable bonds is 6. The molecule has 0 atom stereocenters. The van der Waals surface area contributed by atoms with Crippen molar-refractivity contribution in [2.75, 3.05) is 7.11 Å². The van der Waals surface area contributed by atoms with E-state index in [1.807, 2.05) is 48.5 Å². The molecular formula is C22H28O3Si. The van der Waals surface area contributed by atoms with Gasteiger partial charge in [0.15, 0.2) is 11.5 Å². The first kappa shape index (κ1) is 20.0. The molecule has 3 nitrogen and oxygen atoms in total. The van der Waals surface area contributed by atoms with Crippen LogP contribution in [0.4, 0.5) is 0 Å². The van der Waals surface area contributed by atoms with Crippen molar-refractivity contribution < 1.29 is 14.0 Å². The summed E-state index contributed by atoms with van der Waals surface area (Å²) in [5, 5.41) is 0.110. The van der Waals surface area contributed by atoms with Gasteiger partial charge in [-0.1, -0.05) is 63.2 Å². The van der Waals surface area contributed by atoms with Crippen molar-refractivity contribution in [1.82, 2.24) is 0 Å². The van der Waals surface area contributed by atoms with Gasteiger partial charge >= 0.3 is 0 Å². The van der Waals surface area contributed by atoms with Crippen molar-refractivity contribution in [2.24, 2.45) is 0 Å². The Morgan fingerprint density at radius 1 is 1.00 bits per heavy atom. The van der Waals surface area contributed by atoms with Crippen molar-refractivity contribution >= 4 is 20.2 Å². The molecule has 0 saturated carbocycles. The minimum absolute atomic E-state index is 0.0221. The summed E-state index contributed by atoms with van der Waals surface area (Å²) < 4.78 is 11.9. The van der Waals surface area contributed by atoms with Crippen LogP contribution in [0.1, 0.15) is 36.7 Å². The van der Waals surface area contributed by atoms with Crippen LogP contribution in [-0.4, -0.2) is 21.2 Å². The fourth-order valence-electron chi connectivity index (χ4n) is 2.17. The number of hydrogen-bond acceptors (Lipinski definition) is 3. The number of carbonyl (C=O) groups is 1. The van der Waals surface area contributed by atoms with E-state index in [0.29, 0.717) is 11.3 Å². The third kappa shape index (κ3) is 4.85. The number of hydrogen-bond donors (Lipinski definition) is 0. The van der Waals surface area contributed by atoms with Gasteiger partial charge in [-0.3, -0.25) is 4.79 Å². The molecule has 0 bridgehead atoms. The van der Waals surface area contributed by atoms with Crippen molar-refractivity contribution in [2.45, 2.75) is 38.9 Å². The molecule has 0 saturated heterocycles. The summed E-state index contributed by atoms with van der Waals surface area (Å²) in [6.07, 6.45) is 3.38. The third-order valence-electron chi connectivity index (χ3n) is 4.84. The van der Waals surface area contributed by atoms with E-state index < -0.39 is 8.32 Å². The Balaban J connectivity index is 2.21. The van der Waals surface area contributed by atoms with Gasteiger partial charge < -0.3 is 9.16 Å². The third-order valence-corrected chi connectivity index (χ3v) is 9.19. The lowest BCUT2D eigenvalue weighted by Crippen LogP contribution is -2.43. The smallest absolute Gasteiger partial charge is 0.250 e. The van der Waals surface area contributed by atoms with Gasteiger partial charge in [0.1, 0.15) is 5.75 Å². The molecule has 0 aromatic heterocycles. The average molecular weight is 369 g/mol. The van der Waals surface area contributed by atoms with Crippen LogP contribution in [0.15, 0.2) is 54.6 Å². The first-order valence-corrected chi connectivity index (χ1v) is 11.7. The molecule has 0 heterocycles. The SMILES string of the molecule is COc1cc(/C=C/C(=O)c2ccccc2)ccc1O[Si](C)(C)C(C)(C)C. The van der Waals surface area contributed by atoms with Crippen LogP contribution in [0.25, 0.3) is 6.08 Å². The van der Waals surface area contributed by atoms with Gasteiger partial charge in [0.25, 0.3) is 8.32 Å². The lowest BCUT2D eigenvalue weighted by molar-refractivity contribution is 0.104. The normalized spacial score (nSPS) is 12.2. The summed E-state index contributed by atoms with van der Waals surface area (Å²) in [6.45, 7) is 11.0. The van der Waals surface area contributed by atoms with Crippen LogP contribution in [0.3, 0.4) is 0 Å². The maximum absolute atomic E-state index is 12.2. The summed E-state index contributed by atoms with van der Waals surface area (Å²) in [5.41, 5.74) is 1.57. The number of allylic oxidation sites excluding steroid dienone is 1. The van der Waals surface area contributed by atoms with Gasteiger partial charge in [0.2, 0.25) is 0 Å². The molecule has 0 N–H and O–H groups in total. The van der Waals surface area contributed by atoms with Crippen LogP contribution in [0.5, 0.6) is 11.5 Å². The van der Waals surface area contributed by atoms with Crippen LogP contribution < -0.4 is 9.16 Å². The second-order valence-electron chi connectivity index (χ2n) is 7.84. The zero-order valence-electron chi connectivity index (χ0n) is 16.5. The molecule has 0 unspecified atom stereocenters. The lowest BCUT2D eigenvalue weighted by Gasteiger charge is -2.36. The molecule has 2 aromatic carbocycles. The average Bonchev–Trinajstić information content (AvgIpc) is 2.60. The highest BCUT2D eigenvalue weighted by Crippen LogP contribution is 2.40. The zero-order chi connectivity index (χ0) is 19.4. The van der Waals surface area contributed by atoms with Gasteiger partial charge in [-0.25, -0.2) is 0 Å². The van der Waals surface area contributed by atoms with Crippen LogP contribution in [0, 0.1) is 0 Å². The van der Waals surface area contributed by atoms with E-state index in [9.17, 15) is 4.79 Å². The minimum atomic E-state index is -1.94. The first-order chi connectivity index (χ1) is 12.1. The Morgan fingerprint density at radius 3 is 2.23 bits per heavy atom. The molecule has 2 aromatic rings. The fourth-order valence-corrected chi connectivity index (χ4v) is 3.20. The molecule has 0 fully saturated rings. The lowest BCUT2D eigenvalue weighted by atomic mass is 10.1. The summed E-state index contributed by atoms with van der Waals surface area (Å²) in [4.78, 5) is 12.2. The number of ether oxygens (including phenoxy) is 1. The highest BCUT2D eigenvalue weighted by molar-refractivity contribution is 6.74. The van der Waals surface area contributed by atoms with Gasteiger partial charge in [-0.05, 0) is 41.9 Å². The molecule has 0 aliphatic heterocycles. The Labute approximate surface area is 157 Å². The molecule has 138 valence electrons.